The maximum atomic E-state index is 14.0. The minimum Gasteiger partial charge on any atom is -0.493 e. The first kappa shape index (κ1) is 22.0. The zero-order valence-electron chi connectivity index (χ0n) is 16.6. The van der Waals surface area contributed by atoms with Crippen LogP contribution in [0.15, 0.2) is 41.3 Å². The molecule has 0 aromatic heterocycles. The highest BCUT2D eigenvalue weighted by atomic mass is 32.2. The number of hydrogen-bond acceptors (Lipinski definition) is 5. The quantitative estimate of drug-likeness (QED) is 0.690. The van der Waals surface area contributed by atoms with Crippen LogP contribution in [-0.2, 0) is 10.0 Å². The van der Waals surface area contributed by atoms with Gasteiger partial charge in [0.1, 0.15) is 16.5 Å². The first-order valence-electron chi connectivity index (χ1n) is 9.33. The molecule has 0 bridgehead atoms. The van der Waals surface area contributed by atoms with Crippen molar-refractivity contribution < 1.29 is 31.5 Å². The summed E-state index contributed by atoms with van der Waals surface area (Å²) in [7, 11) is -2.63. The van der Waals surface area contributed by atoms with E-state index in [4.69, 9.17) is 9.47 Å². The second kappa shape index (κ2) is 8.97. The van der Waals surface area contributed by atoms with Crippen molar-refractivity contribution in [2.45, 2.75) is 11.8 Å². The number of rotatable bonds is 6. The van der Waals surface area contributed by atoms with Gasteiger partial charge in [0.25, 0.3) is 5.91 Å². The van der Waals surface area contributed by atoms with E-state index >= 15 is 0 Å². The lowest BCUT2D eigenvalue weighted by molar-refractivity contribution is 0.0697. The number of benzene rings is 2. The fourth-order valence-corrected chi connectivity index (χ4v) is 4.68. The molecule has 0 atom stereocenters. The molecule has 0 N–H and O–H groups in total. The maximum absolute atomic E-state index is 14.0. The van der Waals surface area contributed by atoms with Crippen molar-refractivity contribution in [1.29, 1.82) is 0 Å². The third-order valence-corrected chi connectivity index (χ3v) is 6.68. The third-order valence-electron chi connectivity index (χ3n) is 4.75. The normalized spacial score (nSPS) is 15.1. The molecule has 0 saturated carbocycles. The highest BCUT2D eigenvalue weighted by molar-refractivity contribution is 7.89. The fourth-order valence-electron chi connectivity index (χ4n) is 3.22. The van der Waals surface area contributed by atoms with Gasteiger partial charge in [0.15, 0.2) is 11.5 Å². The molecule has 1 heterocycles. The van der Waals surface area contributed by atoms with Crippen molar-refractivity contribution in [2.24, 2.45) is 0 Å². The van der Waals surface area contributed by atoms with Gasteiger partial charge in [-0.2, -0.15) is 4.31 Å². The van der Waals surface area contributed by atoms with Gasteiger partial charge in [0.05, 0.1) is 13.7 Å². The van der Waals surface area contributed by atoms with Crippen LogP contribution in [0.3, 0.4) is 0 Å². The number of amides is 1. The zero-order chi connectivity index (χ0) is 21.9. The Hall–Kier alpha value is -2.72. The average molecular weight is 440 g/mol. The minimum atomic E-state index is -4.13. The van der Waals surface area contributed by atoms with Gasteiger partial charge in [-0.3, -0.25) is 4.79 Å². The molecule has 2 aromatic carbocycles. The van der Waals surface area contributed by atoms with E-state index in [2.05, 4.69) is 0 Å². The number of nitrogens with zero attached hydrogens (tertiary/aromatic N) is 2. The molecular weight excluding hydrogens is 418 g/mol. The first-order chi connectivity index (χ1) is 14.3. The van der Waals surface area contributed by atoms with Crippen LogP contribution in [0.2, 0.25) is 0 Å². The number of hydrogen-bond donors (Lipinski definition) is 0. The SMILES string of the molecule is CCOc1cc(C(=O)N2CCN(S(=O)(=O)c3ccc(F)cc3F)CC2)ccc1OC. The predicted molar refractivity (Wildman–Crippen MR) is 105 cm³/mol. The van der Waals surface area contributed by atoms with Gasteiger partial charge < -0.3 is 14.4 Å². The Morgan fingerprint density at radius 1 is 1.03 bits per heavy atom. The van der Waals surface area contributed by atoms with Crippen LogP contribution in [0.4, 0.5) is 8.78 Å². The molecule has 0 radical (unpaired) electrons. The van der Waals surface area contributed by atoms with Gasteiger partial charge in [-0.25, -0.2) is 17.2 Å². The van der Waals surface area contributed by atoms with Crippen molar-refractivity contribution in [3.8, 4) is 11.5 Å². The van der Waals surface area contributed by atoms with Gasteiger partial charge in [0, 0.05) is 37.8 Å². The van der Waals surface area contributed by atoms with Crippen molar-refractivity contribution in [3.63, 3.8) is 0 Å². The van der Waals surface area contributed by atoms with Crippen LogP contribution in [0, 0.1) is 11.6 Å². The number of ether oxygens (including phenoxy) is 2. The second-order valence-corrected chi connectivity index (χ2v) is 8.48. The van der Waals surface area contributed by atoms with Crippen molar-refractivity contribution >= 4 is 15.9 Å². The second-order valence-electron chi connectivity index (χ2n) is 6.57. The summed E-state index contributed by atoms with van der Waals surface area (Å²) < 4.78 is 64.2. The van der Waals surface area contributed by atoms with Crippen LogP contribution < -0.4 is 9.47 Å². The number of carbonyl (C=O) groups is 1. The van der Waals surface area contributed by atoms with Crippen molar-refractivity contribution in [2.75, 3.05) is 39.9 Å². The molecule has 1 fully saturated rings. The first-order valence-corrected chi connectivity index (χ1v) is 10.8. The van der Waals surface area contributed by atoms with Gasteiger partial charge in [-0.1, -0.05) is 0 Å². The Kier molecular flexibility index (Phi) is 6.57. The van der Waals surface area contributed by atoms with Gasteiger partial charge >= 0.3 is 0 Å². The summed E-state index contributed by atoms with van der Waals surface area (Å²) in [6, 6.07) is 7.17. The van der Waals surface area contributed by atoms with Crippen LogP contribution in [0.1, 0.15) is 17.3 Å². The minimum absolute atomic E-state index is 0.000633. The van der Waals surface area contributed by atoms with Crippen LogP contribution in [0.5, 0.6) is 11.5 Å². The molecule has 1 aliphatic rings. The molecule has 0 aliphatic carbocycles. The lowest BCUT2D eigenvalue weighted by atomic mass is 10.1. The summed E-state index contributed by atoms with van der Waals surface area (Å²) in [5, 5.41) is 0. The van der Waals surface area contributed by atoms with E-state index in [1.807, 2.05) is 6.92 Å². The maximum Gasteiger partial charge on any atom is 0.254 e. The number of methoxy groups -OCH3 is 1. The molecule has 0 unspecified atom stereocenters. The molecule has 3 rings (SSSR count). The third kappa shape index (κ3) is 4.39. The number of sulfonamides is 1. The Bertz CT molecular complexity index is 1040. The standard InChI is InChI=1S/C20H22F2N2O5S/c1-3-29-18-12-14(4-6-17(18)28-2)20(25)23-8-10-24(11-9-23)30(26,27)19-7-5-15(21)13-16(19)22/h4-7,12-13H,3,8-11H2,1-2H3. The molecule has 1 saturated heterocycles. The topological polar surface area (TPSA) is 76.2 Å². The molecule has 30 heavy (non-hydrogen) atoms. The average Bonchev–Trinajstić information content (AvgIpc) is 2.73. The predicted octanol–water partition coefficient (Wildman–Crippen LogP) is 2.52. The Morgan fingerprint density at radius 2 is 1.73 bits per heavy atom. The molecule has 1 amide bonds. The number of carbonyl (C=O) groups excluding carboxylic acids is 1. The van der Waals surface area contributed by atoms with Crippen molar-refractivity contribution in [1.82, 2.24) is 9.21 Å². The lowest BCUT2D eigenvalue weighted by Crippen LogP contribution is -2.50. The molecular formula is C20H22F2N2O5S. The summed E-state index contributed by atoms with van der Waals surface area (Å²) in [5.41, 5.74) is 0.389. The summed E-state index contributed by atoms with van der Waals surface area (Å²) in [5.74, 6) is -1.32. The van der Waals surface area contributed by atoms with Crippen LogP contribution in [0.25, 0.3) is 0 Å². The molecule has 2 aromatic rings. The largest absolute Gasteiger partial charge is 0.493 e. The Labute approximate surface area is 173 Å². The van der Waals surface area contributed by atoms with Gasteiger partial charge in [-0.15, -0.1) is 0 Å². The molecule has 7 nitrogen and oxygen atoms in total. The van der Waals surface area contributed by atoms with Crippen molar-refractivity contribution in [3.05, 3.63) is 53.6 Å². The summed E-state index contributed by atoms with van der Waals surface area (Å²) in [4.78, 5) is 13.8. The van der Waals surface area contributed by atoms with E-state index in [0.29, 0.717) is 29.7 Å². The van der Waals surface area contributed by atoms with E-state index in [9.17, 15) is 22.0 Å². The molecule has 10 heteroatoms. The summed E-state index contributed by atoms with van der Waals surface area (Å²) in [6.07, 6.45) is 0. The van der Waals surface area contributed by atoms with Crippen LogP contribution in [-0.4, -0.2) is 63.4 Å². The molecule has 1 aliphatic heterocycles. The monoisotopic (exact) mass is 440 g/mol. The summed E-state index contributed by atoms with van der Waals surface area (Å²) in [6.45, 7) is 2.49. The number of halogens is 2. The smallest absolute Gasteiger partial charge is 0.254 e. The van der Waals surface area contributed by atoms with E-state index in [1.165, 1.54) is 12.0 Å². The Balaban J connectivity index is 1.72. The molecule has 0 spiro atoms. The van der Waals surface area contributed by atoms with E-state index in [0.717, 1.165) is 16.4 Å². The zero-order valence-corrected chi connectivity index (χ0v) is 17.4. The summed E-state index contributed by atoms with van der Waals surface area (Å²) >= 11 is 0. The van der Waals surface area contributed by atoms with E-state index in [1.54, 1.807) is 18.2 Å². The number of piperazine rings is 1. The van der Waals surface area contributed by atoms with Crippen LogP contribution >= 0.6 is 0 Å². The fraction of sp³-hybridized carbons (Fsp3) is 0.350. The van der Waals surface area contributed by atoms with Gasteiger partial charge in [-0.05, 0) is 37.3 Å². The lowest BCUT2D eigenvalue weighted by Gasteiger charge is -2.34. The van der Waals surface area contributed by atoms with E-state index in [-0.39, 0.29) is 32.1 Å². The highest BCUT2D eigenvalue weighted by Crippen LogP contribution is 2.29. The van der Waals surface area contributed by atoms with Gasteiger partial charge in [0.2, 0.25) is 10.0 Å². The molecule has 162 valence electrons. The highest BCUT2D eigenvalue weighted by Gasteiger charge is 2.32. The Morgan fingerprint density at radius 3 is 2.33 bits per heavy atom. The van der Waals surface area contributed by atoms with E-state index < -0.39 is 26.6 Å².